The van der Waals surface area contributed by atoms with E-state index in [-0.39, 0.29) is 0 Å². The van der Waals surface area contributed by atoms with E-state index in [2.05, 4.69) is 156 Å². The number of benzene rings is 7. The van der Waals surface area contributed by atoms with E-state index in [4.69, 9.17) is 0 Å². The first-order chi connectivity index (χ1) is 24.6. The van der Waals surface area contributed by atoms with Crippen LogP contribution < -0.4 is 0 Å². The fourth-order valence-electron chi connectivity index (χ4n) is 7.80. The van der Waals surface area contributed by atoms with Gasteiger partial charge in [-0.05, 0) is 103 Å². The van der Waals surface area contributed by atoms with Gasteiger partial charge in [-0.3, -0.25) is 0 Å². The van der Waals surface area contributed by atoms with E-state index >= 15 is 0 Å². The van der Waals surface area contributed by atoms with Crippen LogP contribution in [-0.2, 0) is 0 Å². The van der Waals surface area contributed by atoms with Gasteiger partial charge in [0.15, 0.2) is 0 Å². The van der Waals surface area contributed by atoms with Crippen molar-refractivity contribution in [3.8, 4) is 45.8 Å². The summed E-state index contributed by atoms with van der Waals surface area (Å²) in [6.45, 7) is 4.30. The second-order valence-corrected chi connectivity index (χ2v) is 12.9. The van der Waals surface area contributed by atoms with Crippen LogP contribution in [0.15, 0.2) is 146 Å². The predicted octanol–water partition coefficient (Wildman–Crippen LogP) is 11.6. The highest BCUT2D eigenvalue weighted by Crippen LogP contribution is 2.44. The molecule has 9 aromatic rings. The molecule has 2 aromatic heterocycles. The van der Waals surface area contributed by atoms with Gasteiger partial charge >= 0.3 is 0 Å². The number of hydrogen-bond acceptors (Lipinski definition) is 2. The van der Waals surface area contributed by atoms with Crippen molar-refractivity contribution in [3.05, 3.63) is 168 Å². The molecule has 0 radical (unpaired) electrons. The topological polar surface area (TPSA) is 57.4 Å². The number of fused-ring (bicyclic) bond motifs is 6. The van der Waals surface area contributed by atoms with Gasteiger partial charge in [-0.1, -0.05) is 78.9 Å². The fourth-order valence-corrected chi connectivity index (χ4v) is 7.80. The molecular weight excluding hydrogens is 609 g/mol. The number of rotatable bonds is 4. The zero-order chi connectivity index (χ0) is 33.9. The van der Waals surface area contributed by atoms with Gasteiger partial charge in [0.2, 0.25) is 0 Å². The first kappa shape index (κ1) is 29.3. The standard InChI is InChI=1S/C46H30N4/c1-29-11-10-12-30(2)45(29)50-43-18-9-7-16-37(43)40-25-34(26-41(46(40)50)38-23-31(27-47)19-20-33(38)28-48)32-21-22-44-39(24-32)36-15-6-8-17-42(36)49(44)35-13-4-3-5-14-35/h3-26H,1-2H3. The smallest absolute Gasteiger partial charge is 0.0998 e. The van der Waals surface area contributed by atoms with Crippen LogP contribution in [0, 0.1) is 36.5 Å². The SMILES string of the molecule is Cc1cccc(C)c1-n1c2ccccc2c2cc(-c3ccc4c(c3)c3ccccc3n4-c3ccccc3)cc(-c3cc(C#N)ccc3C#N)c21. The zero-order valence-electron chi connectivity index (χ0n) is 27.6. The van der Waals surface area contributed by atoms with Crippen LogP contribution in [0.4, 0.5) is 0 Å². The molecular formula is C46H30N4. The Kier molecular flexibility index (Phi) is 6.66. The summed E-state index contributed by atoms with van der Waals surface area (Å²) in [5, 5.41) is 24.9. The molecule has 0 bridgehead atoms. The van der Waals surface area contributed by atoms with Gasteiger partial charge in [0.05, 0.1) is 51.0 Å². The van der Waals surface area contributed by atoms with Gasteiger partial charge in [-0.2, -0.15) is 10.5 Å². The van der Waals surface area contributed by atoms with Crippen LogP contribution in [0.1, 0.15) is 22.3 Å². The van der Waals surface area contributed by atoms with Gasteiger partial charge in [0.25, 0.3) is 0 Å². The van der Waals surface area contributed by atoms with Crippen molar-refractivity contribution in [2.75, 3.05) is 0 Å². The highest BCUT2D eigenvalue weighted by atomic mass is 15.0. The van der Waals surface area contributed by atoms with E-state index in [0.29, 0.717) is 11.1 Å². The zero-order valence-corrected chi connectivity index (χ0v) is 27.6. The summed E-state index contributed by atoms with van der Waals surface area (Å²) >= 11 is 0. The lowest BCUT2D eigenvalue weighted by molar-refractivity contribution is 1.12. The Morgan fingerprint density at radius 1 is 0.460 bits per heavy atom. The van der Waals surface area contributed by atoms with E-state index in [9.17, 15) is 10.5 Å². The summed E-state index contributed by atoms with van der Waals surface area (Å²) in [4.78, 5) is 0. The maximum atomic E-state index is 10.4. The Morgan fingerprint density at radius 2 is 1.10 bits per heavy atom. The highest BCUT2D eigenvalue weighted by Gasteiger charge is 2.22. The Bertz CT molecular complexity index is 2890. The summed E-state index contributed by atoms with van der Waals surface area (Å²) in [5.41, 5.74) is 13.8. The molecule has 0 aliphatic rings. The van der Waals surface area contributed by atoms with Crippen molar-refractivity contribution in [3.63, 3.8) is 0 Å². The van der Waals surface area contributed by atoms with Crippen LogP contribution in [0.2, 0.25) is 0 Å². The van der Waals surface area contributed by atoms with E-state index in [0.717, 1.165) is 77.6 Å². The number of nitriles is 2. The summed E-state index contributed by atoms with van der Waals surface area (Å²) in [6.07, 6.45) is 0. The third-order valence-corrected chi connectivity index (χ3v) is 10.0. The molecule has 50 heavy (non-hydrogen) atoms. The molecule has 7 aromatic carbocycles. The number of hydrogen-bond donors (Lipinski definition) is 0. The first-order valence-electron chi connectivity index (χ1n) is 16.7. The van der Waals surface area contributed by atoms with Crippen molar-refractivity contribution in [1.29, 1.82) is 10.5 Å². The molecule has 0 atom stereocenters. The van der Waals surface area contributed by atoms with Crippen LogP contribution in [0.25, 0.3) is 77.2 Å². The van der Waals surface area contributed by atoms with Crippen LogP contribution >= 0.6 is 0 Å². The average molecular weight is 639 g/mol. The van der Waals surface area contributed by atoms with Crippen LogP contribution in [0.3, 0.4) is 0 Å². The fraction of sp³-hybridized carbons (Fsp3) is 0.0435. The quantitative estimate of drug-likeness (QED) is 0.193. The van der Waals surface area contributed by atoms with Crippen LogP contribution in [-0.4, -0.2) is 9.13 Å². The number of aryl methyl sites for hydroxylation is 2. The molecule has 0 saturated carbocycles. The molecule has 234 valence electrons. The van der Waals surface area contributed by atoms with E-state index in [1.807, 2.05) is 12.1 Å². The minimum atomic E-state index is 0.516. The minimum Gasteiger partial charge on any atom is -0.309 e. The van der Waals surface area contributed by atoms with Gasteiger partial charge < -0.3 is 9.13 Å². The maximum Gasteiger partial charge on any atom is 0.0998 e. The third-order valence-electron chi connectivity index (χ3n) is 10.0. The lowest BCUT2D eigenvalue weighted by Crippen LogP contribution is -2.01. The molecule has 0 fully saturated rings. The van der Waals surface area contributed by atoms with Gasteiger partial charge in [-0.15, -0.1) is 0 Å². The summed E-state index contributed by atoms with van der Waals surface area (Å²) in [7, 11) is 0. The Labute approximate surface area is 289 Å². The monoisotopic (exact) mass is 638 g/mol. The number of aromatic nitrogens is 2. The average Bonchev–Trinajstić information content (AvgIpc) is 3.67. The number of para-hydroxylation sites is 4. The van der Waals surface area contributed by atoms with Crippen molar-refractivity contribution in [1.82, 2.24) is 9.13 Å². The van der Waals surface area contributed by atoms with Gasteiger partial charge in [0, 0.05) is 38.4 Å². The Balaban J connectivity index is 1.41. The Morgan fingerprint density at radius 3 is 1.82 bits per heavy atom. The summed E-state index contributed by atoms with van der Waals surface area (Å²) < 4.78 is 4.68. The van der Waals surface area contributed by atoms with Crippen LogP contribution in [0.5, 0.6) is 0 Å². The Hall–Kier alpha value is -6.88. The van der Waals surface area contributed by atoms with E-state index in [1.54, 1.807) is 12.1 Å². The second-order valence-electron chi connectivity index (χ2n) is 12.9. The minimum absolute atomic E-state index is 0.516. The molecule has 0 spiro atoms. The molecule has 4 heteroatoms. The maximum absolute atomic E-state index is 10.4. The normalized spacial score (nSPS) is 11.4. The molecule has 0 N–H and O–H groups in total. The van der Waals surface area contributed by atoms with Gasteiger partial charge in [-0.25, -0.2) is 0 Å². The lowest BCUT2D eigenvalue weighted by atomic mass is 9.91. The molecule has 2 heterocycles. The van der Waals surface area contributed by atoms with E-state index in [1.165, 1.54) is 10.8 Å². The van der Waals surface area contributed by atoms with Crippen molar-refractivity contribution in [2.24, 2.45) is 0 Å². The molecule has 0 aliphatic carbocycles. The lowest BCUT2D eigenvalue weighted by Gasteiger charge is -2.18. The molecule has 0 saturated heterocycles. The third kappa shape index (κ3) is 4.37. The van der Waals surface area contributed by atoms with Crippen molar-refractivity contribution >= 4 is 43.6 Å². The first-order valence-corrected chi connectivity index (χ1v) is 16.7. The number of nitrogens with zero attached hydrogens (tertiary/aromatic N) is 4. The molecule has 9 rings (SSSR count). The predicted molar refractivity (Wildman–Crippen MR) is 205 cm³/mol. The molecule has 0 amide bonds. The molecule has 4 nitrogen and oxygen atoms in total. The van der Waals surface area contributed by atoms with E-state index < -0.39 is 0 Å². The summed E-state index contributed by atoms with van der Waals surface area (Å²) in [5.74, 6) is 0. The van der Waals surface area contributed by atoms with Crippen molar-refractivity contribution < 1.29 is 0 Å². The van der Waals surface area contributed by atoms with Crippen molar-refractivity contribution in [2.45, 2.75) is 13.8 Å². The summed E-state index contributed by atoms with van der Waals surface area (Å²) in [6, 6.07) is 55.3. The van der Waals surface area contributed by atoms with Gasteiger partial charge in [0.1, 0.15) is 0 Å². The molecule has 0 aliphatic heterocycles. The second kappa shape index (κ2) is 11.4. The molecule has 0 unspecified atom stereocenters. The largest absolute Gasteiger partial charge is 0.309 e. The highest BCUT2D eigenvalue weighted by molar-refractivity contribution is 6.16.